The van der Waals surface area contributed by atoms with Gasteiger partial charge in [-0.25, -0.2) is 4.98 Å². The Morgan fingerprint density at radius 2 is 2.16 bits per heavy atom. The number of aromatic nitrogens is 1. The van der Waals surface area contributed by atoms with Gasteiger partial charge in [-0.1, -0.05) is 23.2 Å². The minimum absolute atomic E-state index is 0.491. The quantitative estimate of drug-likeness (QED) is 0.719. The Labute approximate surface area is 124 Å². The van der Waals surface area contributed by atoms with Crippen molar-refractivity contribution in [2.75, 3.05) is 20.3 Å². The molecule has 1 fully saturated rings. The van der Waals surface area contributed by atoms with Crippen LogP contribution in [0, 0.1) is 5.92 Å². The summed E-state index contributed by atoms with van der Waals surface area (Å²) in [5, 5.41) is 1.17. The molecule has 0 radical (unpaired) electrons. The van der Waals surface area contributed by atoms with Crippen LogP contribution in [0.1, 0.15) is 25.5 Å². The minimum atomic E-state index is 0.491. The van der Waals surface area contributed by atoms with Crippen LogP contribution in [0.5, 0.6) is 0 Å². The Bertz CT molecular complexity index is 424. The summed E-state index contributed by atoms with van der Waals surface area (Å²) in [6.45, 7) is 4.60. The van der Waals surface area contributed by atoms with Crippen LogP contribution in [0.4, 0.5) is 0 Å². The zero-order valence-electron chi connectivity index (χ0n) is 11.4. The molecule has 0 bridgehead atoms. The number of pyridine rings is 1. The predicted molar refractivity (Wildman–Crippen MR) is 78.7 cm³/mol. The third-order valence-electron chi connectivity index (χ3n) is 3.70. The van der Waals surface area contributed by atoms with Crippen LogP contribution in [0.25, 0.3) is 0 Å². The number of methoxy groups -OCH3 is 1. The highest BCUT2D eigenvalue weighted by molar-refractivity contribution is 6.32. The molecular weight excluding hydrogens is 283 g/mol. The van der Waals surface area contributed by atoms with Gasteiger partial charge >= 0.3 is 0 Å². The zero-order valence-corrected chi connectivity index (χ0v) is 12.9. The van der Waals surface area contributed by atoms with E-state index in [9.17, 15) is 0 Å². The summed E-state index contributed by atoms with van der Waals surface area (Å²) in [7, 11) is 1.73. The summed E-state index contributed by atoms with van der Waals surface area (Å²) >= 11 is 12.1. The Morgan fingerprint density at radius 1 is 1.42 bits per heavy atom. The molecule has 2 rings (SSSR count). The minimum Gasteiger partial charge on any atom is -0.383 e. The molecule has 19 heavy (non-hydrogen) atoms. The van der Waals surface area contributed by atoms with Gasteiger partial charge in [-0.05, 0) is 37.8 Å². The molecular formula is C14H20Cl2N2O. The largest absolute Gasteiger partial charge is 0.383 e. The number of nitrogens with zero attached hydrogens (tertiary/aromatic N) is 2. The van der Waals surface area contributed by atoms with Gasteiger partial charge in [0.2, 0.25) is 0 Å². The summed E-state index contributed by atoms with van der Waals surface area (Å²) in [4.78, 5) is 6.71. The molecule has 0 N–H and O–H groups in total. The van der Waals surface area contributed by atoms with E-state index >= 15 is 0 Å². The number of hydrogen-bond donors (Lipinski definition) is 0. The van der Waals surface area contributed by atoms with Gasteiger partial charge in [-0.3, -0.25) is 4.90 Å². The lowest BCUT2D eigenvalue weighted by molar-refractivity contribution is 0.111. The van der Waals surface area contributed by atoms with Crippen LogP contribution in [-0.4, -0.2) is 36.2 Å². The van der Waals surface area contributed by atoms with E-state index in [2.05, 4.69) is 16.8 Å². The Hall–Kier alpha value is -0.350. The molecule has 0 aliphatic heterocycles. The van der Waals surface area contributed by atoms with Gasteiger partial charge in [0, 0.05) is 26.2 Å². The summed E-state index contributed by atoms with van der Waals surface area (Å²) in [5.74, 6) is 0.801. The lowest BCUT2D eigenvalue weighted by atomic mass is 10.1. The molecule has 5 heteroatoms. The summed E-state index contributed by atoms with van der Waals surface area (Å²) < 4.78 is 5.19. The molecule has 1 aromatic rings. The first-order valence-electron chi connectivity index (χ1n) is 6.65. The van der Waals surface area contributed by atoms with Crippen molar-refractivity contribution in [2.24, 2.45) is 5.92 Å². The van der Waals surface area contributed by atoms with Crippen LogP contribution in [0.2, 0.25) is 10.2 Å². The molecule has 106 valence electrons. The average molecular weight is 303 g/mol. The second-order valence-electron chi connectivity index (χ2n) is 5.10. The van der Waals surface area contributed by atoms with E-state index < -0.39 is 0 Å². The van der Waals surface area contributed by atoms with E-state index in [0.29, 0.717) is 16.2 Å². The highest BCUT2D eigenvalue weighted by atomic mass is 35.5. The van der Waals surface area contributed by atoms with Crippen molar-refractivity contribution in [3.05, 3.63) is 28.0 Å². The molecule has 1 aliphatic rings. The first-order valence-corrected chi connectivity index (χ1v) is 7.41. The van der Waals surface area contributed by atoms with Crippen LogP contribution in [0.15, 0.2) is 12.1 Å². The highest BCUT2D eigenvalue weighted by Crippen LogP contribution is 2.35. The van der Waals surface area contributed by atoms with Crippen molar-refractivity contribution in [3.63, 3.8) is 0 Å². The topological polar surface area (TPSA) is 25.4 Å². The van der Waals surface area contributed by atoms with Gasteiger partial charge in [0.15, 0.2) is 0 Å². The van der Waals surface area contributed by atoms with E-state index in [-0.39, 0.29) is 0 Å². The Balaban J connectivity index is 2.07. The number of rotatable bonds is 7. The van der Waals surface area contributed by atoms with Crippen molar-refractivity contribution in [3.8, 4) is 0 Å². The van der Waals surface area contributed by atoms with Gasteiger partial charge in [0.1, 0.15) is 5.15 Å². The van der Waals surface area contributed by atoms with Gasteiger partial charge < -0.3 is 4.74 Å². The van der Waals surface area contributed by atoms with Crippen LogP contribution >= 0.6 is 23.2 Å². The van der Waals surface area contributed by atoms with Crippen LogP contribution in [0.3, 0.4) is 0 Å². The van der Waals surface area contributed by atoms with E-state index in [1.165, 1.54) is 12.8 Å². The molecule has 1 heterocycles. The van der Waals surface area contributed by atoms with E-state index in [1.807, 2.05) is 6.07 Å². The van der Waals surface area contributed by atoms with E-state index in [0.717, 1.165) is 31.3 Å². The summed E-state index contributed by atoms with van der Waals surface area (Å²) in [6.07, 6.45) is 2.64. The summed E-state index contributed by atoms with van der Waals surface area (Å²) in [6, 6.07) is 4.06. The van der Waals surface area contributed by atoms with E-state index in [4.69, 9.17) is 27.9 Å². The molecule has 1 atom stereocenters. The molecule has 3 nitrogen and oxygen atoms in total. The zero-order chi connectivity index (χ0) is 13.8. The van der Waals surface area contributed by atoms with Crippen LogP contribution < -0.4 is 0 Å². The average Bonchev–Trinajstić information content (AvgIpc) is 3.22. The maximum absolute atomic E-state index is 6.20. The Morgan fingerprint density at radius 3 is 2.79 bits per heavy atom. The first kappa shape index (κ1) is 15.0. The standard InChI is InChI=1S/C14H20Cl2N2O/c1-10(11-3-4-11)18(7-8-19-2)9-13-12(15)5-6-14(16)17-13/h5-6,10-11H,3-4,7-9H2,1-2H3. The van der Waals surface area contributed by atoms with Gasteiger partial charge in [0.25, 0.3) is 0 Å². The fraction of sp³-hybridized carbons (Fsp3) is 0.643. The lowest BCUT2D eigenvalue weighted by Gasteiger charge is -2.29. The van der Waals surface area contributed by atoms with Crippen molar-refractivity contribution in [2.45, 2.75) is 32.4 Å². The number of hydrogen-bond acceptors (Lipinski definition) is 3. The molecule has 1 aliphatic carbocycles. The number of halogens is 2. The fourth-order valence-corrected chi connectivity index (χ4v) is 2.60. The lowest BCUT2D eigenvalue weighted by Crippen LogP contribution is -2.37. The molecule has 0 amide bonds. The maximum atomic E-state index is 6.20. The smallest absolute Gasteiger partial charge is 0.129 e. The monoisotopic (exact) mass is 302 g/mol. The van der Waals surface area contributed by atoms with Gasteiger partial charge in [-0.2, -0.15) is 0 Å². The van der Waals surface area contributed by atoms with Gasteiger partial charge in [-0.15, -0.1) is 0 Å². The SMILES string of the molecule is COCCN(Cc1nc(Cl)ccc1Cl)C(C)C1CC1. The molecule has 0 aromatic carbocycles. The fourth-order valence-electron chi connectivity index (χ4n) is 2.27. The molecule has 1 aromatic heterocycles. The second-order valence-corrected chi connectivity index (χ2v) is 5.90. The third-order valence-corrected chi connectivity index (χ3v) is 4.25. The van der Waals surface area contributed by atoms with Crippen LogP contribution in [-0.2, 0) is 11.3 Å². The van der Waals surface area contributed by atoms with Crippen molar-refractivity contribution < 1.29 is 4.74 Å². The van der Waals surface area contributed by atoms with Crippen molar-refractivity contribution in [1.29, 1.82) is 0 Å². The highest BCUT2D eigenvalue weighted by Gasteiger charge is 2.32. The molecule has 1 saturated carbocycles. The van der Waals surface area contributed by atoms with Crippen molar-refractivity contribution in [1.82, 2.24) is 9.88 Å². The predicted octanol–water partition coefficient (Wildman–Crippen LogP) is 3.64. The van der Waals surface area contributed by atoms with E-state index in [1.54, 1.807) is 13.2 Å². The molecule has 1 unspecified atom stereocenters. The maximum Gasteiger partial charge on any atom is 0.129 e. The molecule has 0 spiro atoms. The third kappa shape index (κ3) is 4.32. The number of ether oxygens (including phenoxy) is 1. The van der Waals surface area contributed by atoms with Gasteiger partial charge in [0.05, 0.1) is 17.3 Å². The molecule has 0 saturated heterocycles. The van der Waals surface area contributed by atoms with Crippen molar-refractivity contribution >= 4 is 23.2 Å². The first-order chi connectivity index (χ1) is 9.11. The normalized spacial score (nSPS) is 16.9. The second kappa shape index (κ2) is 6.89. The Kier molecular flexibility index (Phi) is 5.46. The summed E-state index contributed by atoms with van der Waals surface area (Å²) in [5.41, 5.74) is 0.845.